The van der Waals surface area contributed by atoms with Gasteiger partial charge >= 0.3 is 0 Å². The van der Waals surface area contributed by atoms with Crippen molar-refractivity contribution in [2.75, 3.05) is 14.1 Å². The molecule has 6 N–H and O–H groups in total. The third-order valence-electron chi connectivity index (χ3n) is 9.76. The summed E-state index contributed by atoms with van der Waals surface area (Å²) in [5, 5.41) is 46.0. The van der Waals surface area contributed by atoms with Crippen molar-refractivity contribution < 1.29 is 39.2 Å². The number of carbonyl (C=O) groups is 3. The predicted molar refractivity (Wildman–Crippen MR) is 163 cm³/mol. The number of halogens is 1. The highest BCUT2D eigenvalue weighted by Crippen LogP contribution is 2.53. The zero-order valence-electron chi connectivity index (χ0n) is 25.5. The molecule has 0 spiro atoms. The summed E-state index contributed by atoms with van der Waals surface area (Å²) in [6.07, 6.45) is 8.53. The van der Waals surface area contributed by atoms with Gasteiger partial charge in [-0.1, -0.05) is 57.6 Å². The van der Waals surface area contributed by atoms with Gasteiger partial charge in [-0.25, -0.2) is 4.39 Å². The van der Waals surface area contributed by atoms with Crippen LogP contribution in [-0.2, 0) is 27.2 Å². The van der Waals surface area contributed by atoms with E-state index < -0.39 is 63.9 Å². The fraction of sp³-hybridized carbons (Fsp3) is 0.500. The van der Waals surface area contributed by atoms with Gasteiger partial charge in [-0.3, -0.25) is 19.3 Å². The number of fused-ring (bicyclic) bond motifs is 4. The average Bonchev–Trinajstić information content (AvgIpc) is 2.96. The van der Waals surface area contributed by atoms with Crippen LogP contribution in [0.2, 0.25) is 0 Å². The summed E-state index contributed by atoms with van der Waals surface area (Å²) in [5.41, 5.74) is 2.15. The summed E-state index contributed by atoms with van der Waals surface area (Å²) in [4.78, 5) is 40.8. The van der Waals surface area contributed by atoms with E-state index in [1.165, 1.54) is 44.7 Å². The summed E-state index contributed by atoms with van der Waals surface area (Å²) in [6.45, 7) is 2.18. The third kappa shape index (κ3) is 4.88. The van der Waals surface area contributed by atoms with Crippen LogP contribution in [0.4, 0.5) is 4.39 Å². The number of primary amides is 1. The lowest BCUT2D eigenvalue weighted by atomic mass is 9.57. The zero-order chi connectivity index (χ0) is 32.1. The van der Waals surface area contributed by atoms with Crippen LogP contribution >= 0.6 is 0 Å². The normalized spacial score (nSPS) is 25.0. The van der Waals surface area contributed by atoms with E-state index in [0.29, 0.717) is 0 Å². The van der Waals surface area contributed by atoms with Crippen LogP contribution in [0.1, 0.15) is 75.0 Å². The van der Waals surface area contributed by atoms with Gasteiger partial charge in [-0.15, -0.1) is 0 Å². The van der Waals surface area contributed by atoms with Crippen LogP contribution < -0.4 is 5.73 Å². The summed E-state index contributed by atoms with van der Waals surface area (Å²) in [5.74, 6) is -8.17. The Labute approximate surface area is 255 Å². The first-order valence-electron chi connectivity index (χ1n) is 15.5. The maximum Gasteiger partial charge on any atom is 0.255 e. The first-order chi connectivity index (χ1) is 20.9. The number of nitrogens with two attached hydrogens (primary N) is 1. The number of phenols is 1. The monoisotopic (exact) mass is 608 g/mol. The molecule has 44 heavy (non-hydrogen) atoms. The number of phenolic OH excluding ortho intramolecular Hbond substituents is 1. The number of likely N-dealkylation sites (N-methyl/N-ethyl adjacent to an activating group) is 1. The number of carbonyl (C=O) groups excluding carboxylic acids is 3. The number of Topliss-reactive ketones (excluding diaryl/α,β-unsaturated/α-hetero) is 2. The van der Waals surface area contributed by atoms with Crippen LogP contribution in [0.15, 0.2) is 35.1 Å². The molecule has 1 saturated carbocycles. The zero-order valence-corrected chi connectivity index (χ0v) is 25.5. The fourth-order valence-electron chi connectivity index (χ4n) is 7.55. The molecule has 0 unspecified atom stereocenters. The quantitative estimate of drug-likeness (QED) is 0.194. The van der Waals surface area contributed by atoms with E-state index in [4.69, 9.17) is 5.73 Å². The SMILES string of the molecule is CCCCCCCCCc1ccc2c(F)c3c(c(O)c2c1)C(O)=C1C(=O)[C@]2(O)C(O)=C(C(N)=O)C(=O)[C@@H](N(C)C)[C@@H]2C[C@@H]1C3. The molecule has 3 aliphatic carbocycles. The first-order valence-corrected chi connectivity index (χ1v) is 15.5. The van der Waals surface area contributed by atoms with Crippen molar-refractivity contribution in [1.82, 2.24) is 4.90 Å². The molecule has 0 radical (unpaired) electrons. The minimum atomic E-state index is -2.74. The minimum absolute atomic E-state index is 0.0282. The largest absolute Gasteiger partial charge is 0.508 e. The van der Waals surface area contributed by atoms with Gasteiger partial charge in [0.05, 0.1) is 11.6 Å². The number of hydrogen-bond acceptors (Lipinski definition) is 8. The molecule has 0 bridgehead atoms. The number of aromatic hydroxyl groups is 1. The van der Waals surface area contributed by atoms with Crippen molar-refractivity contribution in [2.45, 2.75) is 82.8 Å². The molecule has 0 saturated heterocycles. The van der Waals surface area contributed by atoms with Gasteiger partial charge in [-0.2, -0.15) is 0 Å². The Morgan fingerprint density at radius 1 is 1.05 bits per heavy atom. The van der Waals surface area contributed by atoms with Crippen molar-refractivity contribution in [2.24, 2.45) is 17.6 Å². The standard InChI is InChI=1S/C34H41FN2O7/c1-4-5-6-7-8-9-10-11-17-12-13-19-20(14-17)28(38)24-21(26(19)35)15-18-16-22-27(37(2)3)30(40)25(33(36)43)32(42)34(22,44)31(41)23(18)29(24)39/h12-14,18,22,27,38-39,42,44H,4-11,15-16H2,1-3H3,(H2,36,43)/t18-,22-,27-,34-/m0/s1. The highest BCUT2D eigenvalue weighted by Gasteiger charge is 2.64. The van der Waals surface area contributed by atoms with Crippen molar-refractivity contribution >= 4 is 34.0 Å². The molecule has 10 heteroatoms. The average molecular weight is 609 g/mol. The molecule has 2 aromatic rings. The topological polar surface area (TPSA) is 161 Å². The van der Waals surface area contributed by atoms with Crippen molar-refractivity contribution in [3.05, 3.63) is 57.6 Å². The number of aliphatic hydroxyl groups is 3. The Kier molecular flexibility index (Phi) is 8.61. The number of nitrogens with zero attached hydrogens (tertiary/aromatic N) is 1. The number of unbranched alkanes of at least 4 members (excludes halogenated alkanes) is 6. The molecule has 4 atom stereocenters. The van der Waals surface area contributed by atoms with Gasteiger partial charge < -0.3 is 26.2 Å². The molecule has 1 fully saturated rings. The van der Waals surface area contributed by atoms with Crippen LogP contribution in [0.3, 0.4) is 0 Å². The van der Waals surface area contributed by atoms with E-state index >= 15 is 4.39 Å². The maximum atomic E-state index is 16.1. The van der Waals surface area contributed by atoms with Gasteiger partial charge in [0.15, 0.2) is 11.4 Å². The Hall–Kier alpha value is -3.76. The number of rotatable bonds is 10. The second kappa shape index (κ2) is 12.0. The number of aryl methyl sites for hydroxylation is 1. The molecule has 0 aromatic heterocycles. The lowest BCUT2D eigenvalue weighted by molar-refractivity contribution is -0.153. The second-order valence-electron chi connectivity index (χ2n) is 12.7. The van der Waals surface area contributed by atoms with E-state index in [1.54, 1.807) is 12.1 Å². The Morgan fingerprint density at radius 3 is 2.34 bits per heavy atom. The van der Waals surface area contributed by atoms with E-state index in [2.05, 4.69) is 6.92 Å². The third-order valence-corrected chi connectivity index (χ3v) is 9.76. The molecule has 0 aliphatic heterocycles. The fourth-order valence-corrected chi connectivity index (χ4v) is 7.55. The van der Waals surface area contributed by atoms with E-state index in [1.807, 2.05) is 6.07 Å². The van der Waals surface area contributed by atoms with Crippen molar-refractivity contribution in [1.29, 1.82) is 0 Å². The lowest BCUT2D eigenvalue weighted by Crippen LogP contribution is -2.65. The number of benzene rings is 2. The number of hydrogen-bond donors (Lipinski definition) is 5. The Morgan fingerprint density at radius 2 is 1.70 bits per heavy atom. The van der Waals surface area contributed by atoms with E-state index in [9.17, 15) is 34.8 Å². The van der Waals surface area contributed by atoms with Gasteiger partial charge in [0, 0.05) is 27.8 Å². The summed E-state index contributed by atoms with van der Waals surface area (Å²) >= 11 is 0. The van der Waals surface area contributed by atoms with Crippen molar-refractivity contribution in [3.63, 3.8) is 0 Å². The highest BCUT2D eigenvalue weighted by molar-refractivity contribution is 6.24. The van der Waals surface area contributed by atoms with Crippen LogP contribution in [0, 0.1) is 17.7 Å². The second-order valence-corrected chi connectivity index (χ2v) is 12.7. The minimum Gasteiger partial charge on any atom is -0.508 e. The van der Waals surface area contributed by atoms with E-state index in [0.717, 1.165) is 31.2 Å². The maximum absolute atomic E-state index is 16.1. The lowest BCUT2D eigenvalue weighted by Gasteiger charge is -2.50. The molecule has 1 amide bonds. The summed E-state index contributed by atoms with van der Waals surface area (Å²) in [6, 6.07) is 3.96. The highest BCUT2D eigenvalue weighted by atomic mass is 19.1. The Bertz CT molecular complexity index is 1610. The van der Waals surface area contributed by atoms with Crippen molar-refractivity contribution in [3.8, 4) is 5.75 Å². The molecule has 0 heterocycles. The molecule has 2 aromatic carbocycles. The van der Waals surface area contributed by atoms with Crippen LogP contribution in [0.25, 0.3) is 16.5 Å². The number of ketones is 2. The van der Waals surface area contributed by atoms with Crippen LogP contribution in [0.5, 0.6) is 5.75 Å². The summed E-state index contributed by atoms with van der Waals surface area (Å²) < 4.78 is 16.1. The van der Waals surface area contributed by atoms with Gasteiger partial charge in [0.2, 0.25) is 5.78 Å². The molecular weight excluding hydrogens is 567 g/mol. The summed E-state index contributed by atoms with van der Waals surface area (Å²) in [7, 11) is 3.05. The first kappa shape index (κ1) is 31.7. The molecular formula is C34H41FN2O7. The number of amides is 1. The smallest absolute Gasteiger partial charge is 0.255 e. The predicted octanol–water partition coefficient (Wildman–Crippen LogP) is 4.55. The van der Waals surface area contributed by atoms with Gasteiger partial charge in [0.25, 0.3) is 5.91 Å². The number of aliphatic hydroxyl groups excluding tert-OH is 2. The van der Waals surface area contributed by atoms with Crippen LogP contribution in [-0.4, -0.2) is 68.5 Å². The van der Waals surface area contributed by atoms with Gasteiger partial charge in [-0.05, 0) is 57.3 Å². The molecule has 9 nitrogen and oxygen atoms in total. The van der Waals surface area contributed by atoms with E-state index in [-0.39, 0.29) is 46.1 Å². The molecule has 236 valence electrons. The van der Waals surface area contributed by atoms with Gasteiger partial charge in [0.1, 0.15) is 28.7 Å². The molecule has 5 rings (SSSR count). The molecule has 3 aliphatic rings. The Balaban J connectivity index is 1.55.